The Hall–Kier alpha value is -3.32. The third-order valence-electron chi connectivity index (χ3n) is 6.00. The molecule has 1 nitrogen and oxygen atoms in total. The molecule has 0 unspecified atom stereocenters. The normalized spacial score (nSPS) is 19.7. The van der Waals surface area contributed by atoms with Crippen molar-refractivity contribution in [2.45, 2.75) is 12.3 Å². The molecular weight excluding hydrogens is 338 g/mol. The Morgan fingerprint density at radius 2 is 1.43 bits per heavy atom. The number of likely N-dealkylation sites (N-methyl/N-ethyl adjacent to an activating group) is 1. The number of allylic oxidation sites excluding steroid dienone is 7. The lowest BCUT2D eigenvalue weighted by atomic mass is 9.63. The SMILES string of the molecule is C=C/C=C1\C(=C/C)C2(C(C=C)=C(C=C)N1C)c1ccccc1-c1ccccc12. The maximum atomic E-state index is 4.22. The van der Waals surface area contributed by atoms with Crippen molar-refractivity contribution in [1.82, 2.24) is 4.90 Å². The predicted molar refractivity (Wildman–Crippen MR) is 120 cm³/mol. The smallest absolute Gasteiger partial charge is 0.0750 e. The van der Waals surface area contributed by atoms with E-state index >= 15 is 0 Å². The molecule has 1 aliphatic carbocycles. The first-order valence-electron chi connectivity index (χ1n) is 9.59. The zero-order chi connectivity index (χ0) is 19.9. The molecule has 0 radical (unpaired) electrons. The van der Waals surface area contributed by atoms with Crippen LogP contribution in [-0.2, 0) is 5.41 Å². The van der Waals surface area contributed by atoms with Gasteiger partial charge in [0.25, 0.3) is 0 Å². The van der Waals surface area contributed by atoms with Gasteiger partial charge in [-0.05, 0) is 52.5 Å². The van der Waals surface area contributed by atoms with E-state index in [9.17, 15) is 0 Å². The van der Waals surface area contributed by atoms with Gasteiger partial charge in [-0.2, -0.15) is 0 Å². The van der Waals surface area contributed by atoms with E-state index in [0.717, 1.165) is 17.0 Å². The molecule has 0 saturated heterocycles. The minimum atomic E-state index is -0.408. The van der Waals surface area contributed by atoms with Crippen LogP contribution in [0.2, 0.25) is 0 Å². The summed E-state index contributed by atoms with van der Waals surface area (Å²) in [5.41, 5.74) is 9.34. The van der Waals surface area contributed by atoms with Gasteiger partial charge >= 0.3 is 0 Å². The Balaban J connectivity index is 2.27. The summed E-state index contributed by atoms with van der Waals surface area (Å²) in [6.07, 6.45) is 10.1. The maximum absolute atomic E-state index is 4.22. The molecular formula is C27H25N. The molecule has 0 bridgehead atoms. The third kappa shape index (κ3) is 2.07. The van der Waals surface area contributed by atoms with Gasteiger partial charge in [-0.3, -0.25) is 0 Å². The molecule has 0 fully saturated rings. The van der Waals surface area contributed by atoms with Gasteiger partial charge in [0.15, 0.2) is 0 Å². The molecule has 2 aromatic rings. The summed E-state index contributed by atoms with van der Waals surface area (Å²) in [6, 6.07) is 17.4. The fourth-order valence-corrected chi connectivity index (χ4v) is 5.02. The molecule has 138 valence electrons. The molecule has 1 heteroatoms. The van der Waals surface area contributed by atoms with E-state index in [2.05, 4.69) is 99.3 Å². The molecule has 1 aliphatic heterocycles. The van der Waals surface area contributed by atoms with Crippen LogP contribution in [0.5, 0.6) is 0 Å². The van der Waals surface area contributed by atoms with Crippen LogP contribution >= 0.6 is 0 Å². The van der Waals surface area contributed by atoms with Crippen LogP contribution < -0.4 is 0 Å². The van der Waals surface area contributed by atoms with Gasteiger partial charge in [-0.15, -0.1) is 0 Å². The number of rotatable bonds is 3. The summed E-state index contributed by atoms with van der Waals surface area (Å²) in [5, 5.41) is 0. The van der Waals surface area contributed by atoms with Crippen LogP contribution in [0.15, 0.2) is 121 Å². The number of fused-ring (bicyclic) bond motifs is 5. The monoisotopic (exact) mass is 363 g/mol. The minimum absolute atomic E-state index is 0.408. The van der Waals surface area contributed by atoms with Crippen molar-refractivity contribution in [3.8, 4) is 11.1 Å². The highest BCUT2D eigenvalue weighted by molar-refractivity contribution is 5.88. The second kappa shape index (κ2) is 6.69. The van der Waals surface area contributed by atoms with E-state index in [-0.39, 0.29) is 0 Å². The Kier molecular flexibility index (Phi) is 4.31. The van der Waals surface area contributed by atoms with Crippen LogP contribution in [0.4, 0.5) is 0 Å². The fraction of sp³-hybridized carbons (Fsp3) is 0.111. The van der Waals surface area contributed by atoms with Crippen molar-refractivity contribution >= 4 is 0 Å². The van der Waals surface area contributed by atoms with Crippen LogP contribution in [0.25, 0.3) is 11.1 Å². The lowest BCUT2D eigenvalue weighted by molar-refractivity contribution is 0.482. The molecule has 2 aliphatic rings. The van der Waals surface area contributed by atoms with Crippen molar-refractivity contribution in [2.24, 2.45) is 0 Å². The summed E-state index contributed by atoms with van der Waals surface area (Å²) in [7, 11) is 2.08. The van der Waals surface area contributed by atoms with Gasteiger partial charge in [0.1, 0.15) is 0 Å². The quantitative estimate of drug-likeness (QED) is 0.598. The van der Waals surface area contributed by atoms with Crippen LogP contribution in [0.3, 0.4) is 0 Å². The topological polar surface area (TPSA) is 3.24 Å². The molecule has 0 N–H and O–H groups in total. The van der Waals surface area contributed by atoms with Crippen LogP contribution in [0.1, 0.15) is 18.1 Å². The Morgan fingerprint density at radius 1 is 0.857 bits per heavy atom. The molecule has 0 amide bonds. The largest absolute Gasteiger partial charge is 0.344 e. The number of nitrogens with zero attached hydrogens (tertiary/aromatic N) is 1. The number of hydrogen-bond donors (Lipinski definition) is 0. The molecule has 4 rings (SSSR count). The summed E-state index contributed by atoms with van der Waals surface area (Å²) < 4.78 is 0. The average molecular weight is 364 g/mol. The molecule has 28 heavy (non-hydrogen) atoms. The highest BCUT2D eigenvalue weighted by Gasteiger charge is 2.52. The lowest BCUT2D eigenvalue weighted by Gasteiger charge is -2.46. The van der Waals surface area contributed by atoms with Crippen LogP contribution in [0, 0.1) is 0 Å². The molecule has 0 atom stereocenters. The van der Waals surface area contributed by atoms with E-state index in [0.29, 0.717) is 0 Å². The second-order valence-corrected chi connectivity index (χ2v) is 7.10. The van der Waals surface area contributed by atoms with Gasteiger partial charge in [-0.1, -0.05) is 86.5 Å². The average Bonchev–Trinajstić information content (AvgIpc) is 3.02. The van der Waals surface area contributed by atoms with E-state index in [1.165, 1.54) is 27.8 Å². The predicted octanol–water partition coefficient (Wildman–Crippen LogP) is 6.54. The molecule has 1 spiro atoms. The zero-order valence-electron chi connectivity index (χ0n) is 16.6. The Morgan fingerprint density at radius 3 is 1.89 bits per heavy atom. The van der Waals surface area contributed by atoms with E-state index in [4.69, 9.17) is 0 Å². The summed E-state index contributed by atoms with van der Waals surface area (Å²) in [6.45, 7) is 14.4. The zero-order valence-corrected chi connectivity index (χ0v) is 16.6. The fourth-order valence-electron chi connectivity index (χ4n) is 5.02. The van der Waals surface area contributed by atoms with Crippen molar-refractivity contribution in [1.29, 1.82) is 0 Å². The second-order valence-electron chi connectivity index (χ2n) is 7.10. The van der Waals surface area contributed by atoms with Gasteiger partial charge in [0, 0.05) is 18.4 Å². The first-order valence-corrected chi connectivity index (χ1v) is 9.59. The first kappa shape index (κ1) is 18.1. The van der Waals surface area contributed by atoms with Crippen molar-refractivity contribution < 1.29 is 0 Å². The molecule has 0 saturated carbocycles. The first-order chi connectivity index (χ1) is 13.7. The van der Waals surface area contributed by atoms with Gasteiger partial charge in [0.2, 0.25) is 0 Å². The van der Waals surface area contributed by atoms with Gasteiger partial charge in [0.05, 0.1) is 5.41 Å². The molecule has 2 aromatic carbocycles. The highest BCUT2D eigenvalue weighted by Crippen LogP contribution is 2.61. The lowest BCUT2D eigenvalue weighted by Crippen LogP contribution is -2.40. The van der Waals surface area contributed by atoms with Gasteiger partial charge < -0.3 is 4.90 Å². The van der Waals surface area contributed by atoms with E-state index in [1.807, 2.05) is 18.2 Å². The number of hydrogen-bond acceptors (Lipinski definition) is 1. The highest BCUT2D eigenvalue weighted by atomic mass is 15.1. The van der Waals surface area contributed by atoms with E-state index < -0.39 is 5.41 Å². The number of benzene rings is 2. The summed E-state index contributed by atoms with van der Waals surface area (Å²) >= 11 is 0. The van der Waals surface area contributed by atoms with Crippen LogP contribution in [-0.4, -0.2) is 11.9 Å². The van der Waals surface area contributed by atoms with Gasteiger partial charge in [-0.25, -0.2) is 0 Å². The molecule has 0 aromatic heterocycles. The molecule has 1 heterocycles. The standard InChI is InChI=1S/C27H25N/c1-6-14-26-22(8-3)27(21(7-2)25(9-4)28(26)5)23-17-12-10-15-19(23)20-16-11-13-18-24(20)27/h6-18H,1-2,4H2,3,5H3/b22-8+,26-14+. The maximum Gasteiger partial charge on any atom is 0.0750 e. The van der Waals surface area contributed by atoms with Crippen molar-refractivity contribution in [3.05, 3.63) is 132 Å². The third-order valence-corrected chi connectivity index (χ3v) is 6.00. The van der Waals surface area contributed by atoms with Crippen molar-refractivity contribution in [3.63, 3.8) is 0 Å². The summed E-state index contributed by atoms with van der Waals surface area (Å²) in [4.78, 5) is 2.19. The minimum Gasteiger partial charge on any atom is -0.344 e. The Labute approximate surface area is 168 Å². The van der Waals surface area contributed by atoms with E-state index in [1.54, 1.807) is 0 Å². The summed E-state index contributed by atoms with van der Waals surface area (Å²) in [5.74, 6) is 0. The van der Waals surface area contributed by atoms with Crippen molar-refractivity contribution in [2.75, 3.05) is 7.05 Å². The Bertz CT molecular complexity index is 1050.